The lowest BCUT2D eigenvalue weighted by Crippen LogP contribution is -2.32. The van der Waals surface area contributed by atoms with Gasteiger partial charge in [0.25, 0.3) is 0 Å². The fourth-order valence-corrected chi connectivity index (χ4v) is 2.50. The van der Waals surface area contributed by atoms with Gasteiger partial charge in [-0.2, -0.15) is 5.26 Å². The minimum absolute atomic E-state index is 0.0477. The van der Waals surface area contributed by atoms with Gasteiger partial charge in [-0.3, -0.25) is 0 Å². The number of carboxylic acids is 1. The topological polar surface area (TPSA) is 74.0 Å². The Kier molecular flexibility index (Phi) is 2.01. The highest BCUT2D eigenvalue weighted by atomic mass is 32.1. The first-order valence-corrected chi connectivity index (χ1v) is 5.16. The second kappa shape index (κ2) is 3.07. The molecule has 5 heteroatoms. The van der Waals surface area contributed by atoms with Crippen LogP contribution in [0.1, 0.15) is 34.8 Å². The van der Waals surface area contributed by atoms with Crippen LogP contribution in [0.4, 0.5) is 0 Å². The van der Waals surface area contributed by atoms with Crippen LogP contribution in [0, 0.1) is 11.3 Å². The summed E-state index contributed by atoms with van der Waals surface area (Å²) in [4.78, 5) is 14.6. The number of hydrogen-bond acceptors (Lipinski definition) is 4. The molecule has 0 unspecified atom stereocenters. The number of nitrogens with zero attached hydrogens (tertiary/aromatic N) is 2. The van der Waals surface area contributed by atoms with E-state index in [1.165, 1.54) is 16.7 Å². The van der Waals surface area contributed by atoms with Crippen molar-refractivity contribution in [3.8, 4) is 6.07 Å². The van der Waals surface area contributed by atoms with Crippen LogP contribution >= 0.6 is 11.3 Å². The highest BCUT2D eigenvalue weighted by molar-refractivity contribution is 7.10. The summed E-state index contributed by atoms with van der Waals surface area (Å²) < 4.78 is 0. The van der Waals surface area contributed by atoms with Crippen LogP contribution < -0.4 is 0 Å². The molecule has 1 saturated carbocycles. The molecule has 1 N–H and O–H groups in total. The maximum Gasteiger partial charge on any atom is 0.355 e. The zero-order chi connectivity index (χ0) is 10.2. The summed E-state index contributed by atoms with van der Waals surface area (Å²) in [6.45, 7) is 0. The predicted molar refractivity (Wildman–Crippen MR) is 50.2 cm³/mol. The van der Waals surface area contributed by atoms with Crippen molar-refractivity contribution in [3.63, 3.8) is 0 Å². The smallest absolute Gasteiger partial charge is 0.355 e. The molecule has 0 spiro atoms. The van der Waals surface area contributed by atoms with E-state index >= 15 is 0 Å². The van der Waals surface area contributed by atoms with Crippen LogP contribution in [-0.4, -0.2) is 16.1 Å². The summed E-state index contributed by atoms with van der Waals surface area (Å²) in [5, 5.41) is 19.8. The molecule has 1 fully saturated rings. The van der Waals surface area contributed by atoms with E-state index in [4.69, 9.17) is 10.4 Å². The van der Waals surface area contributed by atoms with Gasteiger partial charge in [0.05, 0.1) is 6.07 Å². The second-order valence-electron chi connectivity index (χ2n) is 3.39. The van der Waals surface area contributed by atoms with Crippen LogP contribution in [0.3, 0.4) is 0 Å². The SMILES string of the molecule is N#CC1(c2nc(C(=O)O)cs2)CCC1. The van der Waals surface area contributed by atoms with Crippen molar-refractivity contribution in [1.82, 2.24) is 4.98 Å². The monoisotopic (exact) mass is 208 g/mol. The Labute approximate surface area is 84.8 Å². The molecule has 0 amide bonds. The van der Waals surface area contributed by atoms with Gasteiger partial charge in [-0.1, -0.05) is 0 Å². The number of thiazole rings is 1. The lowest BCUT2D eigenvalue weighted by atomic mass is 9.70. The van der Waals surface area contributed by atoms with Crippen molar-refractivity contribution in [2.24, 2.45) is 0 Å². The highest BCUT2D eigenvalue weighted by Gasteiger charge is 2.41. The third-order valence-corrected chi connectivity index (χ3v) is 3.60. The van der Waals surface area contributed by atoms with Gasteiger partial charge in [0.1, 0.15) is 10.4 Å². The fourth-order valence-electron chi connectivity index (χ4n) is 1.50. The van der Waals surface area contributed by atoms with Gasteiger partial charge in [-0.05, 0) is 19.3 Å². The zero-order valence-electron chi connectivity index (χ0n) is 7.36. The van der Waals surface area contributed by atoms with Gasteiger partial charge >= 0.3 is 5.97 Å². The number of carbonyl (C=O) groups is 1. The van der Waals surface area contributed by atoms with E-state index in [0.29, 0.717) is 5.01 Å². The Morgan fingerprint density at radius 1 is 1.71 bits per heavy atom. The highest BCUT2D eigenvalue weighted by Crippen LogP contribution is 2.44. The number of carboxylic acid groups (broad SMARTS) is 1. The van der Waals surface area contributed by atoms with Crippen LogP contribution in [-0.2, 0) is 5.41 Å². The molecular formula is C9H8N2O2S. The van der Waals surface area contributed by atoms with Crippen LogP contribution in [0.5, 0.6) is 0 Å². The molecule has 1 aliphatic carbocycles. The number of rotatable bonds is 2. The number of aromatic nitrogens is 1. The van der Waals surface area contributed by atoms with E-state index in [1.807, 2.05) is 0 Å². The van der Waals surface area contributed by atoms with Gasteiger partial charge in [-0.25, -0.2) is 9.78 Å². The second-order valence-corrected chi connectivity index (χ2v) is 4.25. The molecule has 1 heterocycles. The molecule has 72 valence electrons. The first-order valence-electron chi connectivity index (χ1n) is 4.28. The van der Waals surface area contributed by atoms with Crippen LogP contribution in [0.15, 0.2) is 5.38 Å². The van der Waals surface area contributed by atoms with Crippen molar-refractivity contribution >= 4 is 17.3 Å². The lowest BCUT2D eigenvalue weighted by Gasteiger charge is -2.32. The number of nitriles is 1. The van der Waals surface area contributed by atoms with Crippen molar-refractivity contribution in [2.45, 2.75) is 24.7 Å². The molecule has 2 rings (SSSR count). The van der Waals surface area contributed by atoms with Gasteiger partial charge in [-0.15, -0.1) is 11.3 Å². The van der Waals surface area contributed by atoms with Crippen LogP contribution in [0.25, 0.3) is 0 Å². The predicted octanol–water partition coefficient (Wildman–Crippen LogP) is 1.79. The Morgan fingerprint density at radius 3 is 2.79 bits per heavy atom. The average Bonchev–Trinajstić information content (AvgIpc) is 2.52. The molecule has 1 aromatic rings. The van der Waals surface area contributed by atoms with Crippen molar-refractivity contribution in [1.29, 1.82) is 5.26 Å². The Balaban J connectivity index is 2.33. The summed E-state index contributed by atoms with van der Waals surface area (Å²) in [6, 6.07) is 2.24. The summed E-state index contributed by atoms with van der Waals surface area (Å²) in [7, 11) is 0. The largest absolute Gasteiger partial charge is 0.476 e. The first kappa shape index (κ1) is 9.16. The molecule has 0 atom stereocenters. The molecule has 0 aromatic carbocycles. The van der Waals surface area contributed by atoms with E-state index in [2.05, 4.69) is 11.1 Å². The maximum absolute atomic E-state index is 10.6. The third kappa shape index (κ3) is 1.19. The van der Waals surface area contributed by atoms with Crippen molar-refractivity contribution in [3.05, 3.63) is 16.1 Å². The minimum atomic E-state index is -1.03. The van der Waals surface area contributed by atoms with Gasteiger partial charge in [0, 0.05) is 5.38 Å². The molecule has 14 heavy (non-hydrogen) atoms. The van der Waals surface area contributed by atoms with Gasteiger partial charge in [0.2, 0.25) is 0 Å². The van der Waals surface area contributed by atoms with Gasteiger partial charge in [0.15, 0.2) is 5.69 Å². The van der Waals surface area contributed by atoms with Crippen molar-refractivity contribution in [2.75, 3.05) is 0 Å². The summed E-state index contributed by atoms with van der Waals surface area (Å²) in [5.74, 6) is -1.03. The number of aromatic carboxylic acids is 1. The van der Waals surface area contributed by atoms with Crippen LogP contribution in [0.2, 0.25) is 0 Å². The molecule has 0 saturated heterocycles. The summed E-state index contributed by atoms with van der Waals surface area (Å²) in [5.41, 5.74) is -0.440. The quantitative estimate of drug-likeness (QED) is 0.804. The first-order chi connectivity index (χ1) is 6.68. The third-order valence-electron chi connectivity index (χ3n) is 2.55. The fraction of sp³-hybridized carbons (Fsp3) is 0.444. The lowest BCUT2D eigenvalue weighted by molar-refractivity contribution is 0.0691. The van der Waals surface area contributed by atoms with E-state index in [0.717, 1.165) is 19.3 Å². The molecule has 4 nitrogen and oxygen atoms in total. The summed E-state index contributed by atoms with van der Waals surface area (Å²) >= 11 is 1.27. The molecule has 1 aliphatic rings. The van der Waals surface area contributed by atoms with Crippen molar-refractivity contribution < 1.29 is 9.90 Å². The Hall–Kier alpha value is -1.41. The summed E-state index contributed by atoms with van der Waals surface area (Å²) in [6.07, 6.45) is 2.63. The van der Waals surface area contributed by atoms with Gasteiger partial charge < -0.3 is 5.11 Å². The molecule has 0 radical (unpaired) electrons. The van der Waals surface area contributed by atoms with E-state index in [9.17, 15) is 4.79 Å². The zero-order valence-corrected chi connectivity index (χ0v) is 8.17. The molecule has 0 aliphatic heterocycles. The number of hydrogen-bond donors (Lipinski definition) is 1. The van der Waals surface area contributed by atoms with E-state index in [1.54, 1.807) is 0 Å². The normalized spacial score (nSPS) is 18.2. The Morgan fingerprint density at radius 2 is 2.43 bits per heavy atom. The standard InChI is InChI=1S/C9H8N2O2S/c10-5-9(2-1-3-9)8-11-6(4-14-8)7(12)13/h4H,1-3H2,(H,12,13). The molecule has 1 aromatic heterocycles. The van der Waals surface area contributed by atoms with E-state index < -0.39 is 11.4 Å². The minimum Gasteiger partial charge on any atom is -0.476 e. The molecule has 0 bridgehead atoms. The van der Waals surface area contributed by atoms with E-state index in [-0.39, 0.29) is 5.69 Å². The Bertz CT molecular complexity index is 415. The molecular weight excluding hydrogens is 200 g/mol. The average molecular weight is 208 g/mol. The maximum atomic E-state index is 10.6.